The van der Waals surface area contributed by atoms with Crippen molar-refractivity contribution in [3.63, 3.8) is 0 Å². The van der Waals surface area contributed by atoms with Gasteiger partial charge in [0.05, 0.1) is 29.5 Å². The molecule has 0 aliphatic heterocycles. The van der Waals surface area contributed by atoms with E-state index in [-0.39, 0.29) is 6.04 Å². The second-order valence-electron chi connectivity index (χ2n) is 5.58. The maximum atomic E-state index is 5.33. The Morgan fingerprint density at radius 1 is 1.23 bits per heavy atom. The molecule has 0 aliphatic carbocycles. The van der Waals surface area contributed by atoms with Crippen LogP contribution >= 0.6 is 0 Å². The maximum absolute atomic E-state index is 5.33. The van der Waals surface area contributed by atoms with Gasteiger partial charge in [-0.05, 0) is 44.9 Å². The second-order valence-corrected chi connectivity index (χ2v) is 5.58. The summed E-state index contributed by atoms with van der Waals surface area (Å²) in [5.74, 6) is 0.666. The molecule has 1 aromatic carbocycles. The molecule has 1 N–H and O–H groups in total. The van der Waals surface area contributed by atoms with E-state index >= 15 is 0 Å². The minimum Gasteiger partial charge on any atom is -0.447 e. The fourth-order valence-corrected chi connectivity index (χ4v) is 2.49. The lowest BCUT2D eigenvalue weighted by atomic mass is 10.1. The number of oxazole rings is 1. The first kappa shape index (κ1) is 14.4. The minimum absolute atomic E-state index is 0.00930. The zero-order valence-electron chi connectivity index (χ0n) is 13.3. The lowest BCUT2D eigenvalue weighted by Crippen LogP contribution is -2.08. The van der Waals surface area contributed by atoms with E-state index in [0.717, 1.165) is 17.1 Å². The quantitative estimate of drug-likeness (QED) is 0.791. The highest BCUT2D eigenvalue weighted by atomic mass is 16.3. The molecule has 1 atom stereocenters. The molecule has 0 amide bonds. The Morgan fingerprint density at radius 2 is 2.05 bits per heavy atom. The Bertz CT molecular complexity index is 774. The summed E-state index contributed by atoms with van der Waals surface area (Å²) in [6.07, 6.45) is 5.08. The molecule has 2 heterocycles. The van der Waals surface area contributed by atoms with Crippen molar-refractivity contribution in [1.82, 2.24) is 14.8 Å². The highest BCUT2D eigenvalue weighted by Gasteiger charge is 2.15. The van der Waals surface area contributed by atoms with Gasteiger partial charge < -0.3 is 9.73 Å². The fourth-order valence-electron chi connectivity index (χ4n) is 2.49. The first-order chi connectivity index (χ1) is 10.6. The lowest BCUT2D eigenvalue weighted by Gasteiger charge is -2.13. The normalized spacial score (nSPS) is 12.4. The van der Waals surface area contributed by atoms with E-state index < -0.39 is 0 Å². The van der Waals surface area contributed by atoms with Crippen LogP contribution in [-0.2, 0) is 0 Å². The van der Waals surface area contributed by atoms with E-state index in [0.29, 0.717) is 5.89 Å². The van der Waals surface area contributed by atoms with Crippen LogP contribution in [0.1, 0.15) is 35.7 Å². The number of benzene rings is 1. The standard InChI is InChI=1S/C17H20N4O/c1-11-5-6-12(2)16(9-11)21-14(4)15(10-19-21)20-13(3)17-18-7-8-22-17/h5-10,13,20H,1-4H3. The van der Waals surface area contributed by atoms with Crippen molar-refractivity contribution >= 4 is 5.69 Å². The Balaban J connectivity index is 1.90. The molecule has 0 fully saturated rings. The van der Waals surface area contributed by atoms with E-state index in [9.17, 15) is 0 Å². The molecule has 0 saturated carbocycles. The summed E-state index contributed by atoms with van der Waals surface area (Å²) in [6.45, 7) is 8.25. The van der Waals surface area contributed by atoms with E-state index in [2.05, 4.69) is 54.4 Å². The molecular formula is C17H20N4O. The highest BCUT2D eigenvalue weighted by molar-refractivity contribution is 5.52. The third-order valence-electron chi connectivity index (χ3n) is 3.80. The third kappa shape index (κ3) is 2.62. The maximum Gasteiger partial charge on any atom is 0.216 e. The van der Waals surface area contributed by atoms with Gasteiger partial charge >= 0.3 is 0 Å². The molecule has 0 radical (unpaired) electrons. The predicted octanol–water partition coefficient (Wildman–Crippen LogP) is 3.96. The summed E-state index contributed by atoms with van der Waals surface area (Å²) < 4.78 is 7.30. The van der Waals surface area contributed by atoms with Crippen LogP contribution in [-0.4, -0.2) is 14.8 Å². The first-order valence-corrected chi connectivity index (χ1v) is 7.34. The number of hydrogen-bond acceptors (Lipinski definition) is 4. The zero-order valence-corrected chi connectivity index (χ0v) is 13.3. The highest BCUT2D eigenvalue weighted by Crippen LogP contribution is 2.24. The predicted molar refractivity (Wildman–Crippen MR) is 86.3 cm³/mol. The van der Waals surface area contributed by atoms with Crippen LogP contribution in [0.25, 0.3) is 5.69 Å². The number of aryl methyl sites for hydroxylation is 2. The minimum atomic E-state index is -0.00930. The summed E-state index contributed by atoms with van der Waals surface area (Å²) in [5.41, 5.74) is 5.57. The average Bonchev–Trinajstić information content (AvgIpc) is 3.13. The van der Waals surface area contributed by atoms with Crippen LogP contribution in [0.2, 0.25) is 0 Å². The smallest absolute Gasteiger partial charge is 0.216 e. The molecule has 0 aliphatic rings. The van der Waals surface area contributed by atoms with Crippen molar-refractivity contribution in [1.29, 1.82) is 0 Å². The van der Waals surface area contributed by atoms with Gasteiger partial charge in [-0.2, -0.15) is 5.10 Å². The molecule has 1 unspecified atom stereocenters. The summed E-state index contributed by atoms with van der Waals surface area (Å²) in [5, 5.41) is 7.92. The van der Waals surface area contributed by atoms with Crippen molar-refractivity contribution in [3.8, 4) is 5.69 Å². The molecule has 0 saturated heterocycles. The van der Waals surface area contributed by atoms with E-state index in [1.807, 2.05) is 17.8 Å². The number of aromatic nitrogens is 3. The van der Waals surface area contributed by atoms with Gasteiger partial charge in [0.1, 0.15) is 12.3 Å². The van der Waals surface area contributed by atoms with Crippen molar-refractivity contribution in [3.05, 3.63) is 59.6 Å². The molecule has 0 bridgehead atoms. The molecule has 2 aromatic heterocycles. The largest absolute Gasteiger partial charge is 0.447 e. The van der Waals surface area contributed by atoms with Gasteiger partial charge in [-0.15, -0.1) is 0 Å². The van der Waals surface area contributed by atoms with Gasteiger partial charge in [0.25, 0.3) is 0 Å². The fraction of sp³-hybridized carbons (Fsp3) is 0.294. The molecule has 114 valence electrons. The Kier molecular flexibility index (Phi) is 3.71. The number of nitrogens with zero attached hydrogens (tertiary/aromatic N) is 3. The molecule has 5 nitrogen and oxygen atoms in total. The molecular weight excluding hydrogens is 276 g/mol. The van der Waals surface area contributed by atoms with Gasteiger partial charge in [-0.25, -0.2) is 9.67 Å². The topological polar surface area (TPSA) is 55.9 Å². The van der Waals surface area contributed by atoms with Gasteiger partial charge in [0, 0.05) is 0 Å². The van der Waals surface area contributed by atoms with Crippen LogP contribution < -0.4 is 5.32 Å². The number of anilines is 1. The average molecular weight is 296 g/mol. The van der Waals surface area contributed by atoms with Crippen LogP contribution in [0.5, 0.6) is 0 Å². The van der Waals surface area contributed by atoms with Gasteiger partial charge in [0.15, 0.2) is 0 Å². The summed E-state index contributed by atoms with van der Waals surface area (Å²) >= 11 is 0. The molecule has 22 heavy (non-hydrogen) atoms. The Morgan fingerprint density at radius 3 is 2.77 bits per heavy atom. The molecule has 3 aromatic rings. The van der Waals surface area contributed by atoms with Gasteiger partial charge in [-0.3, -0.25) is 0 Å². The van der Waals surface area contributed by atoms with Crippen LogP contribution in [0.4, 0.5) is 5.69 Å². The van der Waals surface area contributed by atoms with Crippen molar-refractivity contribution in [2.75, 3.05) is 5.32 Å². The summed E-state index contributed by atoms with van der Waals surface area (Å²) in [4.78, 5) is 4.18. The summed E-state index contributed by atoms with van der Waals surface area (Å²) in [6, 6.07) is 6.37. The molecule has 5 heteroatoms. The SMILES string of the molecule is Cc1ccc(C)c(-n2ncc(NC(C)c3ncco3)c2C)c1. The lowest BCUT2D eigenvalue weighted by molar-refractivity contribution is 0.475. The van der Waals surface area contributed by atoms with Gasteiger partial charge in [0.2, 0.25) is 5.89 Å². The second kappa shape index (κ2) is 5.67. The third-order valence-corrected chi connectivity index (χ3v) is 3.80. The Labute approximate surface area is 130 Å². The first-order valence-electron chi connectivity index (χ1n) is 7.34. The molecule has 3 rings (SSSR count). The van der Waals surface area contributed by atoms with E-state index in [4.69, 9.17) is 4.42 Å². The zero-order chi connectivity index (χ0) is 15.7. The van der Waals surface area contributed by atoms with Gasteiger partial charge in [-0.1, -0.05) is 12.1 Å². The Hall–Kier alpha value is -2.56. The van der Waals surface area contributed by atoms with Crippen LogP contribution in [0.3, 0.4) is 0 Å². The van der Waals surface area contributed by atoms with Crippen molar-refractivity contribution in [2.24, 2.45) is 0 Å². The summed E-state index contributed by atoms with van der Waals surface area (Å²) in [7, 11) is 0. The van der Waals surface area contributed by atoms with Crippen LogP contribution in [0, 0.1) is 20.8 Å². The number of rotatable bonds is 4. The van der Waals surface area contributed by atoms with Crippen LogP contribution in [0.15, 0.2) is 41.3 Å². The van der Waals surface area contributed by atoms with E-state index in [1.165, 1.54) is 11.1 Å². The van der Waals surface area contributed by atoms with Crippen molar-refractivity contribution < 1.29 is 4.42 Å². The number of hydrogen-bond donors (Lipinski definition) is 1. The van der Waals surface area contributed by atoms with Crippen molar-refractivity contribution in [2.45, 2.75) is 33.7 Å². The van der Waals surface area contributed by atoms with E-state index in [1.54, 1.807) is 12.5 Å². The number of nitrogens with one attached hydrogen (secondary N) is 1. The molecule has 0 spiro atoms. The monoisotopic (exact) mass is 296 g/mol.